The molecule has 2 rings (SSSR count). The Morgan fingerprint density at radius 3 is 2.83 bits per heavy atom. The molecule has 0 bridgehead atoms. The summed E-state index contributed by atoms with van der Waals surface area (Å²) in [5, 5.41) is 3.03. The van der Waals surface area contributed by atoms with E-state index in [2.05, 4.69) is 12.2 Å². The van der Waals surface area contributed by atoms with Crippen molar-refractivity contribution < 1.29 is 9.53 Å². The third kappa shape index (κ3) is 3.45. The molecule has 104 valence electrons. The zero-order chi connectivity index (χ0) is 13.0. The molecule has 1 saturated heterocycles. The van der Waals surface area contributed by atoms with E-state index in [9.17, 15) is 4.79 Å². The standard InChI is InChI=1S/C14H26N2O2/c1-10-5-4-7-12(13(10)15)14(17)16-9-11-6-2-3-8-18-11/h10-13H,2-9,15H2,1H3,(H,16,17). The van der Waals surface area contributed by atoms with Gasteiger partial charge < -0.3 is 15.8 Å². The molecule has 3 N–H and O–H groups in total. The van der Waals surface area contributed by atoms with Crippen LogP contribution in [0.5, 0.6) is 0 Å². The lowest BCUT2D eigenvalue weighted by Crippen LogP contribution is -2.49. The zero-order valence-electron chi connectivity index (χ0n) is 11.4. The number of hydrogen-bond donors (Lipinski definition) is 2. The van der Waals surface area contributed by atoms with Crippen LogP contribution in [0, 0.1) is 11.8 Å². The number of hydrogen-bond acceptors (Lipinski definition) is 3. The van der Waals surface area contributed by atoms with E-state index in [-0.39, 0.29) is 24.0 Å². The fourth-order valence-electron chi connectivity index (χ4n) is 3.06. The minimum absolute atomic E-state index is 0.00246. The van der Waals surface area contributed by atoms with E-state index in [1.807, 2.05) is 0 Å². The lowest BCUT2D eigenvalue weighted by molar-refractivity contribution is -0.128. The largest absolute Gasteiger partial charge is 0.376 e. The van der Waals surface area contributed by atoms with Gasteiger partial charge >= 0.3 is 0 Å². The molecule has 1 aliphatic carbocycles. The maximum Gasteiger partial charge on any atom is 0.224 e. The molecule has 18 heavy (non-hydrogen) atoms. The fraction of sp³-hybridized carbons (Fsp3) is 0.929. The predicted molar refractivity (Wildman–Crippen MR) is 71.1 cm³/mol. The Bertz CT molecular complexity index is 277. The second-order valence-electron chi connectivity index (χ2n) is 5.83. The lowest BCUT2D eigenvalue weighted by Gasteiger charge is -2.33. The number of amides is 1. The van der Waals surface area contributed by atoms with Gasteiger partial charge in [-0.05, 0) is 38.0 Å². The molecule has 2 fully saturated rings. The highest BCUT2D eigenvalue weighted by atomic mass is 16.5. The molecule has 4 heteroatoms. The van der Waals surface area contributed by atoms with Crippen molar-refractivity contribution in [2.45, 2.75) is 57.6 Å². The van der Waals surface area contributed by atoms with Crippen LogP contribution in [-0.4, -0.2) is 31.2 Å². The van der Waals surface area contributed by atoms with Crippen LogP contribution in [0.1, 0.15) is 45.4 Å². The summed E-state index contributed by atoms with van der Waals surface area (Å²) < 4.78 is 5.62. The molecule has 0 aromatic rings. The number of rotatable bonds is 3. The molecule has 0 spiro atoms. The summed E-state index contributed by atoms with van der Waals surface area (Å²) >= 11 is 0. The van der Waals surface area contributed by atoms with E-state index in [1.165, 1.54) is 6.42 Å². The van der Waals surface area contributed by atoms with Gasteiger partial charge in [-0.2, -0.15) is 0 Å². The van der Waals surface area contributed by atoms with E-state index in [4.69, 9.17) is 10.5 Å². The first-order chi connectivity index (χ1) is 8.68. The first kappa shape index (κ1) is 13.8. The Labute approximate surface area is 110 Å². The molecule has 0 aromatic heterocycles. The second-order valence-corrected chi connectivity index (χ2v) is 5.83. The summed E-state index contributed by atoms with van der Waals surface area (Å²) in [7, 11) is 0. The Hall–Kier alpha value is -0.610. The first-order valence-electron chi connectivity index (χ1n) is 7.33. The molecule has 1 aliphatic heterocycles. The van der Waals surface area contributed by atoms with Gasteiger partial charge in [0.05, 0.1) is 12.0 Å². The highest BCUT2D eigenvalue weighted by Gasteiger charge is 2.32. The molecule has 4 nitrogen and oxygen atoms in total. The highest BCUT2D eigenvalue weighted by Crippen LogP contribution is 2.27. The minimum Gasteiger partial charge on any atom is -0.376 e. The molecule has 0 aromatic carbocycles. The van der Waals surface area contributed by atoms with Gasteiger partial charge in [-0.3, -0.25) is 4.79 Å². The van der Waals surface area contributed by atoms with Crippen molar-refractivity contribution in [2.24, 2.45) is 17.6 Å². The molecular weight excluding hydrogens is 228 g/mol. The topological polar surface area (TPSA) is 64.3 Å². The Morgan fingerprint density at radius 2 is 2.11 bits per heavy atom. The smallest absolute Gasteiger partial charge is 0.224 e. The lowest BCUT2D eigenvalue weighted by atomic mass is 9.78. The SMILES string of the molecule is CC1CCCC(C(=O)NCC2CCCCO2)C1N. The molecular formula is C14H26N2O2. The number of carbonyl (C=O) groups excluding carboxylic acids is 1. The van der Waals surface area contributed by atoms with Gasteiger partial charge in [0.2, 0.25) is 5.91 Å². The predicted octanol–water partition coefficient (Wildman–Crippen LogP) is 1.44. The van der Waals surface area contributed by atoms with Crippen molar-refractivity contribution in [1.82, 2.24) is 5.32 Å². The monoisotopic (exact) mass is 254 g/mol. The Morgan fingerprint density at radius 1 is 1.28 bits per heavy atom. The highest BCUT2D eigenvalue weighted by molar-refractivity contribution is 5.79. The van der Waals surface area contributed by atoms with Crippen LogP contribution in [0.2, 0.25) is 0 Å². The average molecular weight is 254 g/mol. The number of nitrogens with two attached hydrogens (primary N) is 1. The number of carbonyl (C=O) groups is 1. The van der Waals surface area contributed by atoms with Gasteiger partial charge in [0.1, 0.15) is 0 Å². The van der Waals surface area contributed by atoms with E-state index >= 15 is 0 Å². The molecule has 0 radical (unpaired) electrons. The summed E-state index contributed by atoms with van der Waals surface area (Å²) in [5.41, 5.74) is 6.14. The van der Waals surface area contributed by atoms with Crippen LogP contribution in [0.3, 0.4) is 0 Å². The van der Waals surface area contributed by atoms with Crippen LogP contribution in [0.25, 0.3) is 0 Å². The second kappa shape index (κ2) is 6.53. The van der Waals surface area contributed by atoms with Crippen molar-refractivity contribution in [1.29, 1.82) is 0 Å². The molecule has 1 heterocycles. The van der Waals surface area contributed by atoms with Crippen molar-refractivity contribution in [3.05, 3.63) is 0 Å². The van der Waals surface area contributed by atoms with Gasteiger partial charge in [-0.25, -0.2) is 0 Å². The minimum atomic E-state index is -0.00246. The third-order valence-electron chi connectivity index (χ3n) is 4.41. The number of ether oxygens (including phenoxy) is 1. The van der Waals surface area contributed by atoms with Crippen LogP contribution in [0.15, 0.2) is 0 Å². The summed E-state index contributed by atoms with van der Waals surface area (Å²) in [5.74, 6) is 0.584. The van der Waals surface area contributed by atoms with Crippen molar-refractivity contribution in [3.63, 3.8) is 0 Å². The van der Waals surface area contributed by atoms with Gasteiger partial charge in [-0.1, -0.05) is 13.3 Å². The molecule has 4 atom stereocenters. The summed E-state index contributed by atoms with van der Waals surface area (Å²) in [6, 6.07) is 0.0195. The number of nitrogens with one attached hydrogen (secondary N) is 1. The molecule has 1 amide bonds. The normalized spacial score (nSPS) is 37.2. The maximum atomic E-state index is 12.2. The third-order valence-corrected chi connectivity index (χ3v) is 4.41. The van der Waals surface area contributed by atoms with Gasteiger partial charge in [0.25, 0.3) is 0 Å². The van der Waals surface area contributed by atoms with Crippen molar-refractivity contribution >= 4 is 5.91 Å². The van der Waals surface area contributed by atoms with Gasteiger partial charge in [-0.15, -0.1) is 0 Å². The summed E-state index contributed by atoms with van der Waals surface area (Å²) in [4.78, 5) is 12.2. The molecule has 2 aliphatic rings. The van der Waals surface area contributed by atoms with E-state index in [0.29, 0.717) is 12.5 Å². The van der Waals surface area contributed by atoms with Crippen molar-refractivity contribution in [3.8, 4) is 0 Å². The Balaban J connectivity index is 1.76. The Kier molecular flexibility index (Phi) is 5.01. The molecule has 1 saturated carbocycles. The van der Waals surface area contributed by atoms with Crippen LogP contribution >= 0.6 is 0 Å². The zero-order valence-corrected chi connectivity index (χ0v) is 11.4. The fourth-order valence-corrected chi connectivity index (χ4v) is 3.06. The van der Waals surface area contributed by atoms with Crippen molar-refractivity contribution in [2.75, 3.05) is 13.2 Å². The summed E-state index contributed by atoms with van der Waals surface area (Å²) in [6.07, 6.45) is 6.83. The van der Waals surface area contributed by atoms with Gasteiger partial charge in [0, 0.05) is 19.2 Å². The van der Waals surface area contributed by atoms with Crippen LogP contribution in [-0.2, 0) is 9.53 Å². The van der Waals surface area contributed by atoms with E-state index in [1.54, 1.807) is 0 Å². The van der Waals surface area contributed by atoms with Gasteiger partial charge in [0.15, 0.2) is 0 Å². The first-order valence-corrected chi connectivity index (χ1v) is 7.33. The quantitative estimate of drug-likeness (QED) is 0.801. The molecule has 4 unspecified atom stereocenters. The van der Waals surface area contributed by atoms with Crippen LogP contribution in [0.4, 0.5) is 0 Å². The summed E-state index contributed by atoms with van der Waals surface area (Å²) in [6.45, 7) is 3.63. The van der Waals surface area contributed by atoms with E-state index in [0.717, 1.165) is 38.7 Å². The van der Waals surface area contributed by atoms with Crippen LogP contribution < -0.4 is 11.1 Å². The average Bonchev–Trinajstić information content (AvgIpc) is 2.40. The maximum absolute atomic E-state index is 12.2. The van der Waals surface area contributed by atoms with E-state index < -0.39 is 0 Å².